The third-order valence-electron chi connectivity index (χ3n) is 3.42. The summed E-state index contributed by atoms with van der Waals surface area (Å²) in [4.78, 5) is 30.2. The van der Waals surface area contributed by atoms with Gasteiger partial charge in [0.1, 0.15) is 15.4 Å². The largest absolute Gasteiger partial charge is 0.477 e. The van der Waals surface area contributed by atoms with Crippen molar-refractivity contribution < 1.29 is 9.90 Å². The molecule has 0 amide bonds. The van der Waals surface area contributed by atoms with E-state index in [1.165, 1.54) is 24.5 Å². The topological polar surface area (TPSA) is 83.0 Å². The highest BCUT2D eigenvalue weighted by atomic mass is 32.1. The van der Waals surface area contributed by atoms with E-state index in [-0.39, 0.29) is 10.4 Å². The van der Waals surface area contributed by atoms with Crippen molar-refractivity contribution in [2.24, 2.45) is 0 Å². The predicted octanol–water partition coefficient (Wildman–Crippen LogP) is 2.73. The first-order valence-corrected chi connectivity index (χ1v) is 7.39. The van der Waals surface area contributed by atoms with Crippen LogP contribution in [0.5, 0.6) is 0 Å². The van der Waals surface area contributed by atoms with Crippen molar-refractivity contribution >= 4 is 27.5 Å². The SMILES string of the molecule is O=C(O)c1cc2nc(CC3=CCCCC3)[nH]c(=O)c2s1. The Morgan fingerprint density at radius 2 is 2.30 bits per heavy atom. The lowest BCUT2D eigenvalue weighted by Gasteiger charge is -2.11. The molecule has 0 spiro atoms. The number of nitrogens with zero attached hydrogens (tertiary/aromatic N) is 1. The number of nitrogens with one attached hydrogen (secondary N) is 1. The lowest BCUT2D eigenvalue weighted by atomic mass is 9.97. The fourth-order valence-electron chi connectivity index (χ4n) is 2.46. The Hall–Kier alpha value is -1.95. The third-order valence-corrected chi connectivity index (χ3v) is 4.53. The normalized spacial score (nSPS) is 15.3. The van der Waals surface area contributed by atoms with Gasteiger partial charge in [0.05, 0.1) is 5.52 Å². The van der Waals surface area contributed by atoms with Gasteiger partial charge < -0.3 is 10.1 Å². The molecule has 5 nitrogen and oxygen atoms in total. The van der Waals surface area contributed by atoms with Crippen molar-refractivity contribution in [1.82, 2.24) is 9.97 Å². The van der Waals surface area contributed by atoms with Crippen LogP contribution in [0, 0.1) is 0 Å². The number of hydrogen-bond acceptors (Lipinski definition) is 4. The molecule has 1 aliphatic carbocycles. The summed E-state index contributed by atoms with van der Waals surface area (Å²) in [5.41, 5.74) is 1.52. The van der Waals surface area contributed by atoms with Crippen molar-refractivity contribution in [3.05, 3.63) is 38.8 Å². The summed E-state index contributed by atoms with van der Waals surface area (Å²) in [6.07, 6.45) is 7.39. The maximum atomic E-state index is 12.0. The van der Waals surface area contributed by atoms with Crippen molar-refractivity contribution in [1.29, 1.82) is 0 Å². The van der Waals surface area contributed by atoms with Gasteiger partial charge in [-0.2, -0.15) is 0 Å². The van der Waals surface area contributed by atoms with Gasteiger partial charge in [-0.15, -0.1) is 11.3 Å². The second-order valence-electron chi connectivity index (χ2n) is 4.93. The number of fused-ring (bicyclic) bond motifs is 1. The highest BCUT2D eigenvalue weighted by Crippen LogP contribution is 2.23. The summed E-state index contributed by atoms with van der Waals surface area (Å²) >= 11 is 0.966. The van der Waals surface area contributed by atoms with Crippen LogP contribution in [-0.4, -0.2) is 21.0 Å². The van der Waals surface area contributed by atoms with E-state index in [0.29, 0.717) is 22.5 Å². The molecule has 0 aromatic carbocycles. The summed E-state index contributed by atoms with van der Waals surface area (Å²) in [5, 5.41) is 8.97. The van der Waals surface area contributed by atoms with Crippen LogP contribution in [0.4, 0.5) is 0 Å². The van der Waals surface area contributed by atoms with E-state index >= 15 is 0 Å². The molecule has 6 heteroatoms. The van der Waals surface area contributed by atoms with E-state index in [1.54, 1.807) is 0 Å². The van der Waals surface area contributed by atoms with Crippen LogP contribution in [0.15, 0.2) is 22.5 Å². The number of carboxylic acid groups (broad SMARTS) is 1. The summed E-state index contributed by atoms with van der Waals surface area (Å²) in [6, 6.07) is 1.47. The minimum atomic E-state index is -1.02. The second-order valence-corrected chi connectivity index (χ2v) is 5.98. The molecule has 2 aromatic heterocycles. The smallest absolute Gasteiger partial charge is 0.345 e. The van der Waals surface area contributed by atoms with E-state index in [4.69, 9.17) is 5.11 Å². The molecule has 104 valence electrons. The number of carbonyl (C=O) groups is 1. The number of aromatic amines is 1. The Balaban J connectivity index is 1.98. The van der Waals surface area contributed by atoms with E-state index in [2.05, 4.69) is 16.0 Å². The standard InChI is InChI=1S/C14H14N2O3S/c17-13-12-9(7-10(20-12)14(18)19)15-11(16-13)6-8-4-2-1-3-5-8/h4,7H,1-3,5-6H2,(H,18,19)(H,15,16,17). The van der Waals surface area contributed by atoms with Crippen molar-refractivity contribution in [3.8, 4) is 0 Å². The first-order valence-electron chi connectivity index (χ1n) is 6.57. The highest BCUT2D eigenvalue weighted by Gasteiger charge is 2.14. The van der Waals surface area contributed by atoms with Gasteiger partial charge in [0.2, 0.25) is 0 Å². The third kappa shape index (κ3) is 2.51. The number of allylic oxidation sites excluding steroid dienone is 2. The van der Waals surface area contributed by atoms with Crippen LogP contribution >= 0.6 is 11.3 Å². The van der Waals surface area contributed by atoms with Gasteiger partial charge in [-0.25, -0.2) is 9.78 Å². The van der Waals surface area contributed by atoms with E-state index in [9.17, 15) is 9.59 Å². The Morgan fingerprint density at radius 1 is 1.45 bits per heavy atom. The second kappa shape index (κ2) is 5.20. The molecule has 20 heavy (non-hydrogen) atoms. The van der Waals surface area contributed by atoms with Crippen LogP contribution in [0.1, 0.15) is 41.2 Å². The zero-order valence-electron chi connectivity index (χ0n) is 10.8. The summed E-state index contributed by atoms with van der Waals surface area (Å²) < 4.78 is 0.378. The van der Waals surface area contributed by atoms with Gasteiger partial charge in [-0.1, -0.05) is 11.6 Å². The zero-order chi connectivity index (χ0) is 14.1. The number of hydrogen-bond donors (Lipinski definition) is 2. The molecular formula is C14H14N2O3S. The van der Waals surface area contributed by atoms with Crippen LogP contribution in [0.25, 0.3) is 10.2 Å². The molecule has 2 aromatic rings. The van der Waals surface area contributed by atoms with E-state index in [1.807, 2.05) is 0 Å². The minimum Gasteiger partial charge on any atom is -0.477 e. The molecule has 0 atom stereocenters. The minimum absolute atomic E-state index is 0.145. The first-order chi connectivity index (χ1) is 9.63. The molecule has 0 saturated heterocycles. The average Bonchev–Trinajstić information content (AvgIpc) is 2.84. The number of aromatic nitrogens is 2. The predicted molar refractivity (Wildman–Crippen MR) is 77.5 cm³/mol. The monoisotopic (exact) mass is 290 g/mol. The van der Waals surface area contributed by atoms with Crippen LogP contribution < -0.4 is 5.56 Å². The number of carboxylic acids is 1. The van der Waals surface area contributed by atoms with Crippen molar-refractivity contribution in [3.63, 3.8) is 0 Å². The van der Waals surface area contributed by atoms with Gasteiger partial charge in [-0.3, -0.25) is 4.79 Å². The Kier molecular flexibility index (Phi) is 3.40. The molecule has 0 fully saturated rings. The van der Waals surface area contributed by atoms with Crippen LogP contribution in [0.3, 0.4) is 0 Å². The summed E-state index contributed by atoms with van der Waals surface area (Å²) in [7, 11) is 0. The molecule has 1 aliphatic rings. The summed E-state index contributed by atoms with van der Waals surface area (Å²) in [5.74, 6) is -0.408. The van der Waals surface area contributed by atoms with E-state index in [0.717, 1.165) is 24.2 Å². The lowest BCUT2D eigenvalue weighted by Crippen LogP contribution is -2.11. The van der Waals surface area contributed by atoms with Gasteiger partial charge in [-0.05, 0) is 31.7 Å². The maximum Gasteiger partial charge on any atom is 0.345 e. The molecule has 0 aliphatic heterocycles. The zero-order valence-corrected chi connectivity index (χ0v) is 11.6. The lowest BCUT2D eigenvalue weighted by molar-refractivity contribution is 0.0702. The Bertz CT molecular complexity index is 757. The molecule has 0 saturated carbocycles. The molecule has 2 heterocycles. The molecule has 0 unspecified atom stereocenters. The summed E-state index contributed by atoms with van der Waals surface area (Å²) in [6.45, 7) is 0. The molecule has 0 bridgehead atoms. The van der Waals surface area contributed by atoms with Gasteiger partial charge >= 0.3 is 5.97 Å². The van der Waals surface area contributed by atoms with E-state index < -0.39 is 5.97 Å². The first kappa shape index (κ1) is 13.1. The Labute approximate surface area is 119 Å². The van der Waals surface area contributed by atoms with Gasteiger partial charge in [0.15, 0.2) is 0 Å². The molecular weight excluding hydrogens is 276 g/mol. The van der Waals surface area contributed by atoms with Crippen molar-refractivity contribution in [2.75, 3.05) is 0 Å². The average molecular weight is 290 g/mol. The van der Waals surface area contributed by atoms with Crippen LogP contribution in [0.2, 0.25) is 0 Å². The fourth-order valence-corrected chi connectivity index (χ4v) is 3.29. The fraction of sp³-hybridized carbons (Fsp3) is 0.357. The van der Waals surface area contributed by atoms with Crippen LogP contribution in [-0.2, 0) is 6.42 Å². The number of H-pyrrole nitrogens is 1. The molecule has 2 N–H and O–H groups in total. The number of rotatable bonds is 3. The van der Waals surface area contributed by atoms with Gasteiger partial charge in [0.25, 0.3) is 5.56 Å². The quantitative estimate of drug-likeness (QED) is 0.851. The van der Waals surface area contributed by atoms with Gasteiger partial charge in [0, 0.05) is 6.42 Å². The molecule has 3 rings (SSSR count). The number of aromatic carboxylic acids is 1. The highest BCUT2D eigenvalue weighted by molar-refractivity contribution is 7.20. The Morgan fingerprint density at radius 3 is 3.00 bits per heavy atom. The maximum absolute atomic E-state index is 12.0. The van der Waals surface area contributed by atoms with Crippen molar-refractivity contribution in [2.45, 2.75) is 32.1 Å². The number of thiophene rings is 1. The molecule has 0 radical (unpaired) electrons.